The van der Waals surface area contributed by atoms with E-state index in [0.29, 0.717) is 5.75 Å². The first kappa shape index (κ1) is 13.7. The van der Waals surface area contributed by atoms with Crippen LogP contribution in [0.2, 0.25) is 5.02 Å². The molecule has 4 nitrogen and oxygen atoms in total. The molecule has 0 amide bonds. The fourth-order valence-corrected chi connectivity index (χ4v) is 2.65. The lowest BCUT2D eigenvalue weighted by Crippen LogP contribution is -2.09. The Hall–Kier alpha value is -1.72. The molecule has 0 atom stereocenters. The molecule has 0 heterocycles. The Morgan fingerprint density at radius 1 is 1.05 bits per heavy atom. The van der Waals surface area contributed by atoms with Gasteiger partial charge in [-0.2, -0.15) is 8.42 Å². The molecule has 0 aliphatic rings. The first-order valence-electron chi connectivity index (χ1n) is 5.36. The van der Waals surface area contributed by atoms with Crippen LogP contribution >= 0.6 is 11.6 Å². The summed E-state index contributed by atoms with van der Waals surface area (Å²) in [6.45, 7) is 0. The predicted octanol–water partition coefficient (Wildman–Crippen LogP) is 3.12. The molecule has 0 bridgehead atoms. The van der Waals surface area contributed by atoms with E-state index in [9.17, 15) is 8.42 Å². The molecule has 0 unspecified atom stereocenters. The lowest BCUT2D eigenvalue weighted by Gasteiger charge is -2.09. The topological polar surface area (TPSA) is 52.6 Å². The van der Waals surface area contributed by atoms with Crippen molar-refractivity contribution in [3.63, 3.8) is 0 Å². The maximum Gasteiger partial charge on any atom is 0.339 e. The van der Waals surface area contributed by atoms with Crippen molar-refractivity contribution in [2.24, 2.45) is 0 Å². The molecule has 2 rings (SSSR count). The van der Waals surface area contributed by atoms with Crippen molar-refractivity contribution in [1.29, 1.82) is 0 Å². The summed E-state index contributed by atoms with van der Waals surface area (Å²) >= 11 is 5.93. The highest BCUT2D eigenvalue weighted by Gasteiger charge is 2.17. The van der Waals surface area contributed by atoms with Gasteiger partial charge >= 0.3 is 10.1 Å². The Morgan fingerprint density at radius 3 is 2.32 bits per heavy atom. The zero-order chi connectivity index (χ0) is 13.9. The van der Waals surface area contributed by atoms with E-state index in [1.54, 1.807) is 24.3 Å². The molecule has 100 valence electrons. The van der Waals surface area contributed by atoms with E-state index in [-0.39, 0.29) is 15.7 Å². The van der Waals surface area contributed by atoms with Gasteiger partial charge in [0.15, 0.2) is 5.75 Å². The zero-order valence-electron chi connectivity index (χ0n) is 10.0. The van der Waals surface area contributed by atoms with Crippen LogP contribution in [0.25, 0.3) is 0 Å². The average molecular weight is 299 g/mol. The summed E-state index contributed by atoms with van der Waals surface area (Å²) in [5, 5.41) is 0.166. The van der Waals surface area contributed by atoms with Gasteiger partial charge in [-0.3, -0.25) is 0 Å². The van der Waals surface area contributed by atoms with Crippen molar-refractivity contribution in [3.8, 4) is 11.5 Å². The standard InChI is InChI=1S/C13H11ClO4S/c1-17-10-7-8-13(12(14)9-10)18-19(15,16)11-5-3-2-4-6-11/h2-9H,1H3. The van der Waals surface area contributed by atoms with E-state index < -0.39 is 10.1 Å². The molecular weight excluding hydrogens is 288 g/mol. The lowest BCUT2D eigenvalue weighted by molar-refractivity contribution is 0.413. The summed E-state index contributed by atoms with van der Waals surface area (Å²) in [7, 11) is -2.39. The van der Waals surface area contributed by atoms with Gasteiger partial charge in [0.25, 0.3) is 0 Å². The summed E-state index contributed by atoms with van der Waals surface area (Å²) in [4.78, 5) is 0.0712. The molecule has 19 heavy (non-hydrogen) atoms. The van der Waals surface area contributed by atoms with Crippen molar-refractivity contribution in [2.75, 3.05) is 7.11 Å². The third kappa shape index (κ3) is 3.19. The molecule has 0 radical (unpaired) electrons. The van der Waals surface area contributed by atoms with Gasteiger partial charge in [0.2, 0.25) is 0 Å². The van der Waals surface area contributed by atoms with E-state index in [0.717, 1.165) is 0 Å². The van der Waals surface area contributed by atoms with Crippen LogP contribution in [0, 0.1) is 0 Å². The molecule has 0 spiro atoms. The van der Waals surface area contributed by atoms with Crippen LogP contribution in [0.5, 0.6) is 11.5 Å². The highest BCUT2D eigenvalue weighted by Crippen LogP contribution is 2.30. The number of methoxy groups -OCH3 is 1. The van der Waals surface area contributed by atoms with Crippen molar-refractivity contribution in [2.45, 2.75) is 4.90 Å². The number of hydrogen-bond acceptors (Lipinski definition) is 4. The van der Waals surface area contributed by atoms with Gasteiger partial charge in [-0.15, -0.1) is 0 Å². The Morgan fingerprint density at radius 2 is 1.74 bits per heavy atom. The van der Waals surface area contributed by atoms with Crippen LogP contribution in [-0.4, -0.2) is 15.5 Å². The van der Waals surface area contributed by atoms with Crippen molar-refractivity contribution >= 4 is 21.7 Å². The first-order valence-corrected chi connectivity index (χ1v) is 7.14. The van der Waals surface area contributed by atoms with Crippen LogP contribution in [0.15, 0.2) is 53.4 Å². The van der Waals surface area contributed by atoms with Crippen LogP contribution < -0.4 is 8.92 Å². The van der Waals surface area contributed by atoms with Crippen molar-refractivity contribution < 1.29 is 17.3 Å². The number of halogens is 1. The number of hydrogen-bond donors (Lipinski definition) is 0. The Balaban J connectivity index is 2.31. The molecular formula is C13H11ClO4S. The molecule has 2 aromatic rings. The normalized spacial score (nSPS) is 11.1. The van der Waals surface area contributed by atoms with Crippen LogP contribution in [0.4, 0.5) is 0 Å². The quantitative estimate of drug-likeness (QED) is 0.814. The fourth-order valence-electron chi connectivity index (χ4n) is 1.43. The van der Waals surface area contributed by atoms with Crippen molar-refractivity contribution in [1.82, 2.24) is 0 Å². The van der Waals surface area contributed by atoms with Gasteiger partial charge in [0.05, 0.1) is 12.1 Å². The SMILES string of the molecule is COc1ccc(OS(=O)(=O)c2ccccc2)c(Cl)c1. The third-order valence-electron chi connectivity index (χ3n) is 2.37. The molecule has 0 saturated heterocycles. The molecule has 0 saturated carbocycles. The van der Waals surface area contributed by atoms with Gasteiger partial charge < -0.3 is 8.92 Å². The maximum atomic E-state index is 12.0. The fraction of sp³-hybridized carbons (Fsp3) is 0.0769. The van der Waals surface area contributed by atoms with Crippen LogP contribution in [0.3, 0.4) is 0 Å². The Bertz CT molecular complexity index is 668. The van der Waals surface area contributed by atoms with E-state index in [2.05, 4.69) is 0 Å². The second-order valence-corrected chi connectivity index (χ2v) is 5.60. The summed E-state index contributed by atoms with van der Waals surface area (Å²) in [6.07, 6.45) is 0. The molecule has 0 fully saturated rings. The highest BCUT2D eigenvalue weighted by atomic mass is 35.5. The highest BCUT2D eigenvalue weighted by molar-refractivity contribution is 7.87. The summed E-state index contributed by atoms with van der Waals surface area (Å²) in [6, 6.07) is 12.4. The Labute approximate surface area is 116 Å². The molecule has 0 aliphatic carbocycles. The van der Waals surface area contributed by atoms with Gasteiger partial charge in [0.1, 0.15) is 10.6 Å². The second kappa shape index (κ2) is 5.50. The number of rotatable bonds is 4. The predicted molar refractivity (Wildman–Crippen MR) is 72.3 cm³/mol. The van der Waals surface area contributed by atoms with Gasteiger partial charge in [-0.1, -0.05) is 29.8 Å². The van der Waals surface area contributed by atoms with E-state index in [4.69, 9.17) is 20.5 Å². The minimum atomic E-state index is -3.88. The number of ether oxygens (including phenoxy) is 1. The number of benzene rings is 2. The Kier molecular flexibility index (Phi) is 3.97. The second-order valence-electron chi connectivity index (χ2n) is 3.65. The molecule has 0 N–H and O–H groups in total. The van der Waals surface area contributed by atoms with E-state index >= 15 is 0 Å². The van der Waals surface area contributed by atoms with Gasteiger partial charge in [0, 0.05) is 6.07 Å². The third-order valence-corrected chi connectivity index (χ3v) is 3.91. The smallest absolute Gasteiger partial charge is 0.339 e. The average Bonchev–Trinajstić information content (AvgIpc) is 2.42. The summed E-state index contributed by atoms with van der Waals surface area (Å²) in [5.74, 6) is 0.584. The molecule has 6 heteroatoms. The van der Waals surface area contributed by atoms with Gasteiger partial charge in [-0.25, -0.2) is 0 Å². The molecule has 0 aliphatic heterocycles. The first-order chi connectivity index (χ1) is 9.03. The molecule has 2 aromatic carbocycles. The maximum absolute atomic E-state index is 12.0. The minimum absolute atomic E-state index is 0.0614. The summed E-state index contributed by atoms with van der Waals surface area (Å²) < 4.78 is 34.0. The van der Waals surface area contributed by atoms with Gasteiger partial charge in [-0.05, 0) is 24.3 Å². The van der Waals surface area contributed by atoms with E-state index in [1.807, 2.05) is 0 Å². The lowest BCUT2D eigenvalue weighted by atomic mass is 10.3. The van der Waals surface area contributed by atoms with Crippen LogP contribution in [-0.2, 0) is 10.1 Å². The minimum Gasteiger partial charge on any atom is -0.497 e. The largest absolute Gasteiger partial charge is 0.497 e. The monoisotopic (exact) mass is 298 g/mol. The summed E-state index contributed by atoms with van der Waals surface area (Å²) in [5.41, 5.74) is 0. The van der Waals surface area contributed by atoms with Crippen molar-refractivity contribution in [3.05, 3.63) is 53.6 Å². The zero-order valence-corrected chi connectivity index (χ0v) is 11.6. The molecule has 0 aromatic heterocycles. The van der Waals surface area contributed by atoms with E-state index in [1.165, 1.54) is 31.4 Å². The van der Waals surface area contributed by atoms with Crippen LogP contribution in [0.1, 0.15) is 0 Å².